The number of nitrogens with zero attached hydrogens (tertiary/aromatic N) is 1. The van der Waals surface area contributed by atoms with Crippen molar-refractivity contribution in [3.8, 4) is 0 Å². The number of aromatic nitrogens is 2. The highest BCUT2D eigenvalue weighted by molar-refractivity contribution is 5.69. The molecule has 0 aliphatic carbocycles. The minimum absolute atomic E-state index is 0.251. The Morgan fingerprint density at radius 3 is 2.15 bits per heavy atom. The molecule has 3 atom stereocenters. The van der Waals surface area contributed by atoms with Crippen molar-refractivity contribution in [2.24, 2.45) is 0 Å². The van der Waals surface area contributed by atoms with Crippen molar-refractivity contribution in [2.45, 2.75) is 129 Å². The number of ether oxygens (including phenoxy) is 2. The van der Waals surface area contributed by atoms with Gasteiger partial charge < -0.3 is 14.6 Å². The van der Waals surface area contributed by atoms with Gasteiger partial charge in [-0.25, -0.2) is 4.79 Å². The summed E-state index contributed by atoms with van der Waals surface area (Å²) < 4.78 is 12.6. The summed E-state index contributed by atoms with van der Waals surface area (Å²) in [6.45, 7) is 3.53. The van der Waals surface area contributed by atoms with Crippen LogP contribution in [-0.4, -0.2) is 39.4 Å². The number of aromatic amines is 1. The molecule has 1 aliphatic rings. The van der Waals surface area contributed by atoms with Crippen LogP contribution in [0.4, 0.5) is 0 Å². The first-order valence-corrected chi connectivity index (χ1v) is 13.2. The lowest BCUT2D eigenvalue weighted by Gasteiger charge is -2.16. The molecule has 0 saturated carbocycles. The van der Waals surface area contributed by atoms with Gasteiger partial charge in [0.25, 0.3) is 5.56 Å². The van der Waals surface area contributed by atoms with Gasteiger partial charge in [0, 0.05) is 24.6 Å². The number of aliphatic hydroxyl groups excluding tert-OH is 1. The van der Waals surface area contributed by atoms with Gasteiger partial charge in [-0.05, 0) is 13.3 Å². The second-order valence-corrected chi connectivity index (χ2v) is 9.55. The molecular weight excluding hydrogens is 436 g/mol. The number of hydrogen-bond donors (Lipinski definition) is 2. The Morgan fingerprint density at radius 1 is 1.03 bits per heavy atom. The maximum Gasteiger partial charge on any atom is 0.330 e. The average molecular weight is 481 g/mol. The van der Waals surface area contributed by atoms with E-state index in [2.05, 4.69) is 11.9 Å². The van der Waals surface area contributed by atoms with E-state index < -0.39 is 29.7 Å². The second-order valence-electron chi connectivity index (χ2n) is 9.55. The quantitative estimate of drug-likeness (QED) is 0.251. The normalized spacial score (nSPS) is 20.0. The maximum absolute atomic E-state index is 12.3. The summed E-state index contributed by atoms with van der Waals surface area (Å²) in [5.74, 6) is -0.305. The third kappa shape index (κ3) is 9.74. The molecular formula is C26H44N2O6. The first-order chi connectivity index (χ1) is 16.5. The van der Waals surface area contributed by atoms with E-state index in [-0.39, 0.29) is 19.0 Å². The molecule has 0 radical (unpaired) electrons. The van der Waals surface area contributed by atoms with Crippen LogP contribution in [-0.2, 0) is 14.3 Å². The monoisotopic (exact) mass is 480 g/mol. The topological polar surface area (TPSA) is 111 Å². The van der Waals surface area contributed by atoms with Crippen molar-refractivity contribution in [1.82, 2.24) is 9.55 Å². The van der Waals surface area contributed by atoms with Gasteiger partial charge in [0.1, 0.15) is 18.4 Å². The molecule has 0 amide bonds. The zero-order valence-electron chi connectivity index (χ0n) is 21.1. The van der Waals surface area contributed by atoms with E-state index in [1.54, 1.807) is 6.92 Å². The number of rotatable bonds is 17. The molecule has 34 heavy (non-hydrogen) atoms. The standard InChI is InChI=1S/C26H44N2O6/c1-3-4-5-6-7-8-9-10-11-12-13-14-15-16-24(30)34-21-17-23(33-22(21)19-29)28-18-20(2)25(31)27-26(28)32/h18,21-23,29H,3-17,19H2,1-2H3,(H,27,31,32)/t21-,22-,23-/m1/s1. The zero-order chi connectivity index (χ0) is 24.8. The summed E-state index contributed by atoms with van der Waals surface area (Å²) in [5, 5.41) is 9.62. The summed E-state index contributed by atoms with van der Waals surface area (Å²) in [7, 11) is 0. The number of aliphatic hydroxyl groups is 1. The van der Waals surface area contributed by atoms with E-state index in [1.807, 2.05) is 0 Å². The van der Waals surface area contributed by atoms with Crippen molar-refractivity contribution in [3.05, 3.63) is 32.6 Å². The zero-order valence-corrected chi connectivity index (χ0v) is 21.1. The molecule has 0 bridgehead atoms. The second kappa shape index (κ2) is 15.9. The largest absolute Gasteiger partial charge is 0.459 e. The van der Waals surface area contributed by atoms with Crippen molar-refractivity contribution < 1.29 is 19.4 Å². The number of esters is 1. The lowest BCUT2D eigenvalue weighted by molar-refractivity contribution is -0.153. The Morgan fingerprint density at radius 2 is 1.59 bits per heavy atom. The third-order valence-electron chi connectivity index (χ3n) is 6.58. The molecule has 2 N–H and O–H groups in total. The molecule has 2 rings (SSSR count). The minimum Gasteiger partial charge on any atom is -0.459 e. The van der Waals surface area contributed by atoms with E-state index in [9.17, 15) is 19.5 Å². The molecule has 8 nitrogen and oxygen atoms in total. The van der Waals surface area contributed by atoms with Gasteiger partial charge in [-0.3, -0.25) is 19.1 Å². The van der Waals surface area contributed by atoms with Gasteiger partial charge in [0.15, 0.2) is 0 Å². The smallest absolute Gasteiger partial charge is 0.330 e. The fourth-order valence-corrected chi connectivity index (χ4v) is 4.47. The molecule has 1 fully saturated rings. The fourth-order valence-electron chi connectivity index (χ4n) is 4.47. The first-order valence-electron chi connectivity index (χ1n) is 13.2. The molecule has 2 heterocycles. The predicted octanol–water partition coefficient (Wildman–Crippen LogP) is 4.52. The number of aryl methyl sites for hydroxylation is 1. The highest BCUT2D eigenvalue weighted by Crippen LogP contribution is 2.30. The molecule has 1 aromatic heterocycles. The molecule has 194 valence electrons. The van der Waals surface area contributed by atoms with E-state index in [0.29, 0.717) is 12.0 Å². The highest BCUT2D eigenvalue weighted by atomic mass is 16.6. The third-order valence-corrected chi connectivity index (χ3v) is 6.58. The molecule has 1 aromatic rings. The molecule has 0 unspecified atom stereocenters. The van der Waals surface area contributed by atoms with Crippen LogP contribution in [0.3, 0.4) is 0 Å². The van der Waals surface area contributed by atoms with Gasteiger partial charge in [-0.2, -0.15) is 0 Å². The SMILES string of the molecule is CCCCCCCCCCCCCCCC(=O)O[C@@H]1C[C@H](n2cc(C)c(=O)[nH]c2=O)O[C@@H]1CO. The lowest BCUT2D eigenvalue weighted by Crippen LogP contribution is -2.33. The van der Waals surface area contributed by atoms with Crippen LogP contribution in [0.15, 0.2) is 15.8 Å². The van der Waals surface area contributed by atoms with Crippen molar-refractivity contribution >= 4 is 5.97 Å². The molecule has 1 saturated heterocycles. The number of nitrogens with one attached hydrogen (secondary N) is 1. The van der Waals surface area contributed by atoms with Crippen molar-refractivity contribution in [3.63, 3.8) is 0 Å². The number of H-pyrrole nitrogens is 1. The average Bonchev–Trinajstić information content (AvgIpc) is 3.21. The fraction of sp³-hybridized carbons (Fsp3) is 0.808. The predicted molar refractivity (Wildman–Crippen MR) is 132 cm³/mol. The van der Waals surface area contributed by atoms with Crippen LogP contribution in [0.1, 0.15) is 115 Å². The van der Waals surface area contributed by atoms with E-state index in [1.165, 1.54) is 75.0 Å². The van der Waals surface area contributed by atoms with Gasteiger partial charge >= 0.3 is 11.7 Å². The Hall–Kier alpha value is -1.93. The lowest BCUT2D eigenvalue weighted by atomic mass is 10.0. The van der Waals surface area contributed by atoms with Gasteiger partial charge in [-0.15, -0.1) is 0 Å². The van der Waals surface area contributed by atoms with Crippen LogP contribution in [0.25, 0.3) is 0 Å². The number of hydrogen-bond acceptors (Lipinski definition) is 6. The van der Waals surface area contributed by atoms with Crippen LogP contribution >= 0.6 is 0 Å². The van der Waals surface area contributed by atoms with E-state index in [4.69, 9.17) is 9.47 Å². The van der Waals surface area contributed by atoms with Gasteiger partial charge in [-0.1, -0.05) is 84.0 Å². The van der Waals surface area contributed by atoms with E-state index in [0.717, 1.165) is 19.3 Å². The van der Waals surface area contributed by atoms with Crippen LogP contribution in [0.2, 0.25) is 0 Å². The summed E-state index contributed by atoms with van der Waals surface area (Å²) in [6.07, 6.45) is 16.2. The summed E-state index contributed by atoms with van der Waals surface area (Å²) >= 11 is 0. The van der Waals surface area contributed by atoms with Crippen molar-refractivity contribution in [2.75, 3.05) is 6.61 Å². The summed E-state index contributed by atoms with van der Waals surface area (Å²) in [5.41, 5.74) is -0.651. The Labute approximate surface area is 203 Å². The number of carbonyl (C=O) groups is 1. The van der Waals surface area contributed by atoms with Crippen LogP contribution < -0.4 is 11.2 Å². The molecule has 0 spiro atoms. The van der Waals surface area contributed by atoms with Crippen molar-refractivity contribution in [1.29, 1.82) is 0 Å². The summed E-state index contributed by atoms with van der Waals surface area (Å²) in [4.78, 5) is 38.2. The molecule has 0 aromatic carbocycles. The molecule has 1 aliphatic heterocycles. The van der Waals surface area contributed by atoms with Crippen LogP contribution in [0.5, 0.6) is 0 Å². The number of carbonyl (C=O) groups excluding carboxylic acids is 1. The minimum atomic E-state index is -0.700. The molecule has 8 heteroatoms. The highest BCUT2D eigenvalue weighted by Gasteiger charge is 2.38. The maximum atomic E-state index is 12.3. The first kappa shape index (κ1) is 28.3. The Kier molecular flexibility index (Phi) is 13.2. The Balaban J connectivity index is 1.59. The Bertz CT molecular complexity index is 833. The summed E-state index contributed by atoms with van der Waals surface area (Å²) in [6, 6.07) is 0. The van der Waals surface area contributed by atoms with Gasteiger partial charge in [0.05, 0.1) is 6.61 Å². The number of unbranched alkanes of at least 4 members (excludes halogenated alkanes) is 12. The van der Waals surface area contributed by atoms with Gasteiger partial charge in [0.2, 0.25) is 0 Å². The van der Waals surface area contributed by atoms with E-state index >= 15 is 0 Å². The van der Waals surface area contributed by atoms with Crippen LogP contribution in [0, 0.1) is 6.92 Å².